The van der Waals surface area contributed by atoms with Crippen molar-refractivity contribution in [3.8, 4) is 11.5 Å². The maximum Gasteiger partial charge on any atom is 0.259 e. The molecule has 2 aromatic rings. The smallest absolute Gasteiger partial charge is 0.259 e. The molecule has 0 aliphatic heterocycles. The minimum absolute atomic E-state index is 0.0411. The summed E-state index contributed by atoms with van der Waals surface area (Å²) in [5.74, 6) is 1.02. The van der Waals surface area contributed by atoms with Crippen LogP contribution in [-0.4, -0.2) is 36.6 Å². The third-order valence-corrected chi connectivity index (χ3v) is 5.68. The Labute approximate surface area is 175 Å². The van der Waals surface area contributed by atoms with Gasteiger partial charge in [0.1, 0.15) is 11.5 Å². The van der Waals surface area contributed by atoms with Crippen LogP contribution in [0.5, 0.6) is 11.5 Å². The lowest BCUT2D eigenvalue weighted by Crippen LogP contribution is -2.28. The van der Waals surface area contributed by atoms with Crippen LogP contribution in [0, 0.1) is 13.8 Å². The standard InChI is InChI=1S/C25H35NO3/c1-7-13-25(14-8-2,20-9-11-22(27)18(3)15-20)21-10-12-23(19(4)16-21)29-17-24(28)26(5)6/h9-12,15-16,27H,7-8,13-14,17H2,1-6H3. The van der Waals surface area contributed by atoms with E-state index >= 15 is 0 Å². The van der Waals surface area contributed by atoms with E-state index in [1.54, 1.807) is 14.1 Å². The molecule has 0 spiro atoms. The van der Waals surface area contributed by atoms with Gasteiger partial charge in [-0.15, -0.1) is 0 Å². The van der Waals surface area contributed by atoms with Crippen LogP contribution in [0.3, 0.4) is 0 Å². The molecule has 2 aromatic carbocycles. The summed E-state index contributed by atoms with van der Waals surface area (Å²) in [5.41, 5.74) is 4.33. The Kier molecular flexibility index (Phi) is 7.72. The number of hydrogen-bond acceptors (Lipinski definition) is 3. The van der Waals surface area contributed by atoms with E-state index in [9.17, 15) is 9.90 Å². The van der Waals surface area contributed by atoms with Gasteiger partial charge in [-0.25, -0.2) is 0 Å². The number of amides is 1. The molecule has 0 bridgehead atoms. The van der Waals surface area contributed by atoms with Gasteiger partial charge in [0.05, 0.1) is 0 Å². The number of rotatable bonds is 9. The first-order chi connectivity index (χ1) is 13.7. The number of phenolic OH excluding ortho intramolecular Hbond substituents is 1. The van der Waals surface area contributed by atoms with Crippen molar-refractivity contribution in [3.05, 3.63) is 58.7 Å². The van der Waals surface area contributed by atoms with Gasteiger partial charge in [0.15, 0.2) is 6.61 Å². The first-order valence-electron chi connectivity index (χ1n) is 10.5. The number of benzene rings is 2. The van der Waals surface area contributed by atoms with E-state index < -0.39 is 0 Å². The monoisotopic (exact) mass is 397 g/mol. The van der Waals surface area contributed by atoms with Gasteiger partial charge in [0, 0.05) is 19.5 Å². The first kappa shape index (κ1) is 22.8. The van der Waals surface area contributed by atoms with E-state index in [0.717, 1.165) is 42.6 Å². The van der Waals surface area contributed by atoms with E-state index in [4.69, 9.17) is 4.74 Å². The number of carbonyl (C=O) groups is 1. The molecule has 0 heterocycles. The highest BCUT2D eigenvalue weighted by molar-refractivity contribution is 5.77. The van der Waals surface area contributed by atoms with Crippen LogP contribution < -0.4 is 4.74 Å². The van der Waals surface area contributed by atoms with E-state index in [1.165, 1.54) is 16.0 Å². The van der Waals surface area contributed by atoms with Crippen molar-refractivity contribution in [1.82, 2.24) is 4.90 Å². The Morgan fingerprint density at radius 3 is 2.00 bits per heavy atom. The largest absolute Gasteiger partial charge is 0.508 e. The van der Waals surface area contributed by atoms with Gasteiger partial charge >= 0.3 is 0 Å². The van der Waals surface area contributed by atoms with Crippen molar-refractivity contribution in [2.75, 3.05) is 20.7 Å². The van der Waals surface area contributed by atoms with Crippen molar-refractivity contribution < 1.29 is 14.6 Å². The van der Waals surface area contributed by atoms with Gasteiger partial charge in [-0.3, -0.25) is 4.79 Å². The minimum atomic E-state index is -0.106. The Morgan fingerprint density at radius 1 is 0.966 bits per heavy atom. The molecule has 0 saturated heterocycles. The van der Waals surface area contributed by atoms with E-state index in [2.05, 4.69) is 38.1 Å². The topological polar surface area (TPSA) is 49.8 Å². The molecular weight excluding hydrogens is 362 g/mol. The number of hydrogen-bond donors (Lipinski definition) is 1. The quantitative estimate of drug-likeness (QED) is 0.619. The highest BCUT2D eigenvalue weighted by Gasteiger charge is 2.33. The molecule has 4 nitrogen and oxygen atoms in total. The van der Waals surface area contributed by atoms with Crippen molar-refractivity contribution in [3.63, 3.8) is 0 Å². The maximum atomic E-state index is 11.8. The first-order valence-corrected chi connectivity index (χ1v) is 10.5. The molecule has 1 amide bonds. The highest BCUT2D eigenvalue weighted by Crippen LogP contribution is 2.43. The number of aryl methyl sites for hydroxylation is 2. The van der Waals surface area contributed by atoms with E-state index in [0.29, 0.717) is 5.75 Å². The van der Waals surface area contributed by atoms with Gasteiger partial charge in [-0.1, -0.05) is 51.0 Å². The number of ether oxygens (including phenoxy) is 1. The van der Waals surface area contributed by atoms with Crippen LogP contribution in [0.1, 0.15) is 61.8 Å². The van der Waals surface area contributed by atoms with Crippen molar-refractivity contribution in [2.45, 2.75) is 58.8 Å². The molecule has 0 saturated carbocycles. The maximum absolute atomic E-state index is 11.8. The number of carbonyl (C=O) groups excluding carboxylic acids is 1. The minimum Gasteiger partial charge on any atom is -0.508 e. The Bertz CT molecular complexity index is 836. The molecule has 2 rings (SSSR count). The van der Waals surface area contributed by atoms with Gasteiger partial charge in [-0.05, 0) is 61.1 Å². The summed E-state index contributed by atoms with van der Waals surface area (Å²) >= 11 is 0. The highest BCUT2D eigenvalue weighted by atomic mass is 16.5. The number of phenols is 1. The van der Waals surface area contributed by atoms with E-state index in [1.807, 2.05) is 26.0 Å². The second-order valence-corrected chi connectivity index (χ2v) is 8.14. The summed E-state index contributed by atoms with van der Waals surface area (Å²) in [7, 11) is 3.45. The Balaban J connectivity index is 2.46. The lowest BCUT2D eigenvalue weighted by Gasteiger charge is -2.36. The fraction of sp³-hybridized carbons (Fsp3) is 0.480. The summed E-state index contributed by atoms with van der Waals surface area (Å²) in [6.07, 6.45) is 4.19. The number of likely N-dealkylation sites (N-methyl/N-ethyl adjacent to an activating group) is 1. The predicted octanol–water partition coefficient (Wildman–Crippen LogP) is 5.36. The van der Waals surface area contributed by atoms with Gasteiger partial charge in [-0.2, -0.15) is 0 Å². The molecule has 1 N–H and O–H groups in total. The molecule has 0 atom stereocenters. The van der Waals surface area contributed by atoms with Gasteiger partial charge in [0.25, 0.3) is 5.91 Å². The van der Waals surface area contributed by atoms with Crippen LogP contribution in [0.2, 0.25) is 0 Å². The second kappa shape index (κ2) is 9.82. The molecule has 0 aliphatic rings. The fourth-order valence-electron chi connectivity index (χ4n) is 4.05. The van der Waals surface area contributed by atoms with Crippen molar-refractivity contribution in [2.24, 2.45) is 0 Å². The van der Waals surface area contributed by atoms with Crippen molar-refractivity contribution in [1.29, 1.82) is 0 Å². The molecule has 158 valence electrons. The third-order valence-electron chi connectivity index (χ3n) is 5.68. The predicted molar refractivity (Wildman–Crippen MR) is 119 cm³/mol. The van der Waals surface area contributed by atoms with Crippen LogP contribution in [0.25, 0.3) is 0 Å². The van der Waals surface area contributed by atoms with E-state index in [-0.39, 0.29) is 17.9 Å². The van der Waals surface area contributed by atoms with Crippen LogP contribution >= 0.6 is 0 Å². The molecule has 29 heavy (non-hydrogen) atoms. The number of nitrogens with zero attached hydrogens (tertiary/aromatic N) is 1. The summed E-state index contributed by atoms with van der Waals surface area (Å²) < 4.78 is 5.76. The zero-order chi connectivity index (χ0) is 21.6. The van der Waals surface area contributed by atoms with Crippen LogP contribution in [0.4, 0.5) is 0 Å². The lowest BCUT2D eigenvalue weighted by molar-refractivity contribution is -0.130. The number of aromatic hydroxyl groups is 1. The van der Waals surface area contributed by atoms with Gasteiger partial charge in [0.2, 0.25) is 0 Å². The molecule has 0 aromatic heterocycles. The summed E-state index contributed by atoms with van der Waals surface area (Å²) in [5, 5.41) is 10.0. The zero-order valence-electron chi connectivity index (χ0n) is 18.7. The molecule has 0 fully saturated rings. The third kappa shape index (κ3) is 5.11. The van der Waals surface area contributed by atoms with Crippen LogP contribution in [0.15, 0.2) is 36.4 Å². The average Bonchev–Trinajstić information content (AvgIpc) is 2.68. The SMILES string of the molecule is CCCC(CCC)(c1ccc(O)c(C)c1)c1ccc(OCC(=O)N(C)C)c(C)c1. The molecule has 0 radical (unpaired) electrons. The normalized spacial score (nSPS) is 11.4. The molecular formula is C25H35NO3. The lowest BCUT2D eigenvalue weighted by atomic mass is 9.68. The second-order valence-electron chi connectivity index (χ2n) is 8.14. The van der Waals surface area contributed by atoms with Crippen molar-refractivity contribution >= 4 is 5.91 Å². The Morgan fingerprint density at radius 2 is 1.52 bits per heavy atom. The average molecular weight is 398 g/mol. The fourth-order valence-corrected chi connectivity index (χ4v) is 4.05. The molecule has 0 aliphatic carbocycles. The summed E-state index contributed by atoms with van der Waals surface area (Å²) in [4.78, 5) is 13.4. The van der Waals surface area contributed by atoms with Gasteiger partial charge < -0.3 is 14.7 Å². The molecule has 4 heteroatoms. The molecule has 0 unspecified atom stereocenters. The van der Waals surface area contributed by atoms with Crippen LogP contribution in [-0.2, 0) is 10.2 Å². The zero-order valence-corrected chi connectivity index (χ0v) is 18.7. The Hall–Kier alpha value is -2.49. The summed E-state index contributed by atoms with van der Waals surface area (Å²) in [6.45, 7) is 8.46. The summed E-state index contributed by atoms with van der Waals surface area (Å²) in [6, 6.07) is 12.3.